The molecule has 2 spiro atoms. The van der Waals surface area contributed by atoms with Gasteiger partial charge >= 0.3 is 0 Å². The number of allylic oxidation sites excluding steroid dienone is 1. The number of hydrogen-bond acceptors (Lipinski definition) is 4. The number of ketones is 1. The van der Waals surface area contributed by atoms with Crippen molar-refractivity contribution in [3.05, 3.63) is 12.2 Å². The Bertz CT molecular complexity index is 925. The highest BCUT2D eigenvalue weighted by molar-refractivity contribution is 5.87. The first-order valence-corrected chi connectivity index (χ1v) is 14.7. The van der Waals surface area contributed by atoms with Crippen LogP contribution in [0.2, 0.25) is 0 Å². The Morgan fingerprint density at radius 1 is 0.872 bits per heavy atom. The van der Waals surface area contributed by atoms with Gasteiger partial charge in [0, 0.05) is 7.11 Å². The van der Waals surface area contributed by atoms with Crippen molar-refractivity contribution in [2.24, 2.45) is 51.2 Å². The van der Waals surface area contributed by atoms with Crippen molar-refractivity contribution < 1.29 is 19.7 Å². The van der Waals surface area contributed by atoms with Crippen LogP contribution in [0.4, 0.5) is 0 Å². The Labute approximate surface area is 239 Å². The lowest BCUT2D eigenvalue weighted by molar-refractivity contribution is -0.134. The third-order valence-corrected chi connectivity index (χ3v) is 12.8. The zero-order chi connectivity index (χ0) is 28.7. The van der Waals surface area contributed by atoms with Crippen LogP contribution < -0.4 is 0 Å². The molecule has 0 aromatic rings. The lowest BCUT2D eigenvalue weighted by Gasteiger charge is -2.59. The fourth-order valence-electron chi connectivity index (χ4n) is 11.4. The molecule has 0 radical (unpaired) electrons. The molecule has 1 saturated heterocycles. The van der Waals surface area contributed by atoms with E-state index in [0.717, 1.165) is 37.7 Å². The number of terminal acetylenes is 2. The van der Waals surface area contributed by atoms with Crippen LogP contribution in [-0.2, 0) is 9.53 Å². The molecule has 1 aliphatic heterocycles. The van der Waals surface area contributed by atoms with E-state index in [1.54, 1.807) is 13.0 Å². The van der Waals surface area contributed by atoms with Crippen LogP contribution >= 0.6 is 0 Å². The van der Waals surface area contributed by atoms with Crippen molar-refractivity contribution >= 4 is 5.78 Å². The van der Waals surface area contributed by atoms with E-state index >= 15 is 0 Å². The van der Waals surface area contributed by atoms with Gasteiger partial charge in [-0.15, -0.1) is 25.7 Å². The predicted molar refractivity (Wildman–Crippen MR) is 161 cm³/mol. The third kappa shape index (κ3) is 4.54. The minimum absolute atomic E-state index is 0. The van der Waals surface area contributed by atoms with Crippen LogP contribution in [0.25, 0.3) is 0 Å². The Hall–Kier alpha value is -1.59. The summed E-state index contributed by atoms with van der Waals surface area (Å²) in [6.45, 7) is 11.6. The summed E-state index contributed by atoms with van der Waals surface area (Å²) >= 11 is 0. The van der Waals surface area contributed by atoms with Crippen LogP contribution in [0.1, 0.15) is 99.8 Å². The molecular weight excluding hydrogens is 484 g/mol. The maximum Gasteiger partial charge on any atom is 0.152 e. The lowest BCUT2D eigenvalue weighted by atomic mass is 9.46. The van der Waals surface area contributed by atoms with Crippen molar-refractivity contribution in [1.29, 1.82) is 0 Å². The molecule has 6 fully saturated rings. The number of fused-ring (bicyclic) bond motifs is 4. The summed E-state index contributed by atoms with van der Waals surface area (Å²) < 4.78 is 6.65. The fourth-order valence-corrected chi connectivity index (χ4v) is 11.4. The SMILES string of the molecule is C.C#C.C#C.CC(=O)/C=C/[C@H]1CCC2C(CC3[C@@H]4CCC5C(C)(C)[C@@H](O)CCC56[C@@H](C)[C@@]46CC[C@]23C)O1.CO. The van der Waals surface area contributed by atoms with Gasteiger partial charge in [-0.05, 0) is 122 Å². The number of ether oxygens (including phenoxy) is 1. The van der Waals surface area contributed by atoms with Crippen LogP contribution in [0.15, 0.2) is 12.2 Å². The average Bonchev–Trinajstić information content (AvgIpc) is 3.31. The van der Waals surface area contributed by atoms with Crippen LogP contribution in [-0.4, -0.2) is 41.4 Å². The molecule has 39 heavy (non-hydrogen) atoms. The molecule has 11 atom stereocenters. The molecule has 220 valence electrons. The van der Waals surface area contributed by atoms with Gasteiger partial charge in [0.2, 0.25) is 0 Å². The van der Waals surface area contributed by atoms with E-state index in [2.05, 4.69) is 53.4 Å². The minimum Gasteiger partial charge on any atom is -0.400 e. The van der Waals surface area contributed by atoms with Gasteiger partial charge in [-0.2, -0.15) is 0 Å². The quantitative estimate of drug-likeness (QED) is 0.303. The Balaban J connectivity index is 0.000000716. The highest BCUT2D eigenvalue weighted by atomic mass is 16.5. The minimum atomic E-state index is -0.129. The molecule has 6 rings (SSSR count). The molecule has 0 aromatic heterocycles. The number of aliphatic hydroxyl groups excluding tert-OH is 2. The summed E-state index contributed by atoms with van der Waals surface area (Å²) in [6.07, 6.45) is 31.4. The first-order valence-electron chi connectivity index (χ1n) is 14.7. The third-order valence-electron chi connectivity index (χ3n) is 12.8. The summed E-state index contributed by atoms with van der Waals surface area (Å²) in [4.78, 5) is 11.4. The van der Waals surface area contributed by atoms with Gasteiger partial charge in [-0.3, -0.25) is 4.79 Å². The topological polar surface area (TPSA) is 66.8 Å². The van der Waals surface area contributed by atoms with Crippen molar-refractivity contribution in [2.75, 3.05) is 7.11 Å². The molecular formula is C35H56O4. The van der Waals surface area contributed by atoms with Crippen molar-refractivity contribution in [1.82, 2.24) is 0 Å². The van der Waals surface area contributed by atoms with Crippen molar-refractivity contribution in [3.8, 4) is 25.7 Å². The summed E-state index contributed by atoms with van der Waals surface area (Å²) in [7, 11) is 1.00. The standard InChI is InChI=1S/C29H44O3.2C2H2.CH4O.CH4/c1-17(30)6-7-19-8-9-21-23(32-19)16-22-20-10-11-24-26(3,4)25(31)12-13-29(24)18(2)28(20,29)15-14-27(21,22)5;3*1-2;/h6-7,18-25,31H,8-16H2,1-5H3;2*1-2H;2H,1H3;1H4/b7-6+;;;;/t18-,19-,20-,21?,22?,23?,24?,25-,27+,28-,29?;;;;/m0..../s1. The summed E-state index contributed by atoms with van der Waals surface area (Å²) in [5.41, 5.74) is 1.50. The van der Waals surface area contributed by atoms with Gasteiger partial charge < -0.3 is 14.9 Å². The Kier molecular flexibility index (Phi) is 10.4. The van der Waals surface area contributed by atoms with E-state index < -0.39 is 0 Å². The summed E-state index contributed by atoms with van der Waals surface area (Å²) in [5.74, 6) is 3.96. The second-order valence-electron chi connectivity index (χ2n) is 13.6. The van der Waals surface area contributed by atoms with Gasteiger partial charge in [0.15, 0.2) is 5.78 Å². The Morgan fingerprint density at radius 2 is 1.49 bits per heavy atom. The molecule has 0 amide bonds. The highest BCUT2D eigenvalue weighted by Crippen LogP contribution is 2.89. The highest BCUT2D eigenvalue weighted by Gasteiger charge is 2.84. The monoisotopic (exact) mass is 540 g/mol. The van der Waals surface area contributed by atoms with Crippen LogP contribution in [0, 0.1) is 76.9 Å². The number of hydrogen-bond donors (Lipinski definition) is 2. The van der Waals surface area contributed by atoms with E-state index in [1.165, 1.54) is 44.9 Å². The van der Waals surface area contributed by atoms with E-state index in [-0.39, 0.29) is 30.8 Å². The zero-order valence-corrected chi connectivity index (χ0v) is 24.7. The molecule has 0 aromatic carbocycles. The molecule has 5 unspecified atom stereocenters. The second-order valence-corrected chi connectivity index (χ2v) is 13.6. The molecule has 0 bridgehead atoms. The molecule has 4 heteroatoms. The zero-order valence-electron chi connectivity index (χ0n) is 24.7. The number of aliphatic hydroxyl groups is 2. The van der Waals surface area contributed by atoms with Crippen LogP contribution in [0.3, 0.4) is 0 Å². The Morgan fingerprint density at radius 3 is 2.10 bits per heavy atom. The largest absolute Gasteiger partial charge is 0.400 e. The van der Waals surface area contributed by atoms with Gasteiger partial charge in [-0.25, -0.2) is 0 Å². The van der Waals surface area contributed by atoms with E-state index in [1.807, 2.05) is 6.08 Å². The second kappa shape index (κ2) is 12.1. The average molecular weight is 541 g/mol. The van der Waals surface area contributed by atoms with Gasteiger partial charge in [0.25, 0.3) is 0 Å². The molecule has 4 nitrogen and oxygen atoms in total. The normalized spacial score (nSPS) is 47.6. The molecule has 1 heterocycles. The molecule has 5 saturated carbocycles. The first kappa shape index (κ1) is 33.6. The maximum atomic E-state index is 11.4. The van der Waals surface area contributed by atoms with E-state index in [9.17, 15) is 9.90 Å². The first-order chi connectivity index (χ1) is 18.1. The van der Waals surface area contributed by atoms with E-state index in [0.29, 0.717) is 34.2 Å². The van der Waals surface area contributed by atoms with Gasteiger partial charge in [0.05, 0.1) is 18.3 Å². The number of rotatable bonds is 2. The van der Waals surface area contributed by atoms with Crippen molar-refractivity contribution in [2.45, 2.75) is 118 Å². The number of carbonyl (C=O) groups excluding carboxylic acids is 1. The molecule has 6 aliphatic rings. The van der Waals surface area contributed by atoms with Crippen molar-refractivity contribution in [3.63, 3.8) is 0 Å². The summed E-state index contributed by atoms with van der Waals surface area (Å²) in [6, 6.07) is 0. The molecule has 5 aliphatic carbocycles. The lowest BCUT2D eigenvalue weighted by Crippen LogP contribution is -2.54. The fraction of sp³-hybridized carbons (Fsp3) is 0.800. The number of carbonyl (C=O) groups is 1. The van der Waals surface area contributed by atoms with Gasteiger partial charge in [0.1, 0.15) is 0 Å². The van der Waals surface area contributed by atoms with Gasteiger partial charge in [-0.1, -0.05) is 41.2 Å². The predicted octanol–water partition coefficient (Wildman–Crippen LogP) is 6.69. The van der Waals surface area contributed by atoms with E-state index in [4.69, 9.17) is 9.84 Å². The summed E-state index contributed by atoms with van der Waals surface area (Å²) in [5, 5.41) is 17.9. The maximum absolute atomic E-state index is 11.4. The van der Waals surface area contributed by atoms with Crippen LogP contribution in [0.5, 0.6) is 0 Å². The smallest absolute Gasteiger partial charge is 0.152 e. The molecule has 2 N–H and O–H groups in total.